The highest BCUT2D eigenvalue weighted by molar-refractivity contribution is 6.41. The van der Waals surface area contributed by atoms with Gasteiger partial charge in [0.15, 0.2) is 0 Å². The van der Waals surface area contributed by atoms with E-state index in [9.17, 15) is 14.9 Å². The number of nitrogens with one attached hydrogen (secondary N) is 2. The minimum Gasteiger partial charge on any atom is -0.495 e. The summed E-state index contributed by atoms with van der Waals surface area (Å²) >= 11 is 13.4. The van der Waals surface area contributed by atoms with Gasteiger partial charge < -0.3 is 34.3 Å². The number of hydrogen-bond acceptors (Lipinski definition) is 10. The average molecular weight is 672 g/mol. The van der Waals surface area contributed by atoms with Gasteiger partial charge in [-0.1, -0.05) is 29.3 Å². The first-order valence-electron chi connectivity index (χ1n) is 14.8. The molecule has 0 radical (unpaired) electrons. The lowest BCUT2D eigenvalue weighted by Gasteiger charge is -2.23. The van der Waals surface area contributed by atoms with Gasteiger partial charge in [-0.15, -0.1) is 0 Å². The van der Waals surface area contributed by atoms with Crippen LogP contribution in [0.25, 0.3) is 22.0 Å². The van der Waals surface area contributed by atoms with Gasteiger partial charge in [0.25, 0.3) is 11.2 Å². The number of rotatable bonds is 12. The van der Waals surface area contributed by atoms with E-state index in [-0.39, 0.29) is 38.6 Å². The predicted molar refractivity (Wildman–Crippen MR) is 180 cm³/mol. The van der Waals surface area contributed by atoms with Crippen molar-refractivity contribution in [3.05, 3.63) is 78.7 Å². The molecule has 244 valence electrons. The number of hydrogen-bond donors (Lipinski definition) is 2. The third-order valence-corrected chi connectivity index (χ3v) is 8.55. The highest BCUT2D eigenvalue weighted by atomic mass is 35.5. The van der Waals surface area contributed by atoms with Crippen molar-refractivity contribution in [2.24, 2.45) is 0 Å². The Morgan fingerprint density at radius 1 is 1.15 bits per heavy atom. The van der Waals surface area contributed by atoms with E-state index in [1.807, 2.05) is 25.1 Å². The van der Waals surface area contributed by atoms with Crippen LogP contribution in [0.3, 0.4) is 0 Å². The summed E-state index contributed by atoms with van der Waals surface area (Å²) in [6.07, 6.45) is 2.78. The molecule has 2 aromatic heterocycles. The lowest BCUT2D eigenvalue weighted by molar-refractivity contribution is -0.384. The van der Waals surface area contributed by atoms with Crippen LogP contribution in [-0.4, -0.2) is 80.0 Å². The summed E-state index contributed by atoms with van der Waals surface area (Å²) in [5, 5.41) is 19.4. The molecule has 3 heterocycles. The van der Waals surface area contributed by atoms with E-state index in [0.717, 1.165) is 18.7 Å². The molecular weight excluding hydrogens is 635 g/mol. The van der Waals surface area contributed by atoms with Crippen molar-refractivity contribution in [2.45, 2.75) is 25.5 Å². The van der Waals surface area contributed by atoms with E-state index < -0.39 is 4.92 Å². The fourth-order valence-corrected chi connectivity index (χ4v) is 6.23. The Bertz CT molecular complexity index is 1780. The smallest absolute Gasteiger partial charge is 0.292 e. The van der Waals surface area contributed by atoms with Crippen LogP contribution >= 0.6 is 23.2 Å². The molecule has 1 atom stereocenters. The van der Waals surface area contributed by atoms with Gasteiger partial charge in [0.1, 0.15) is 23.0 Å². The molecule has 0 bridgehead atoms. The monoisotopic (exact) mass is 670 g/mol. The first-order chi connectivity index (χ1) is 22.1. The summed E-state index contributed by atoms with van der Waals surface area (Å²) in [7, 11) is 6.86. The van der Waals surface area contributed by atoms with E-state index in [2.05, 4.69) is 15.6 Å². The molecule has 1 saturated heterocycles. The zero-order valence-corrected chi connectivity index (χ0v) is 27.6. The lowest BCUT2D eigenvalue weighted by atomic mass is 10.0. The Kier molecular flexibility index (Phi) is 10.6. The van der Waals surface area contributed by atoms with Gasteiger partial charge in [0.2, 0.25) is 0 Å². The Morgan fingerprint density at radius 3 is 2.52 bits per heavy atom. The second-order valence-corrected chi connectivity index (χ2v) is 12.0. The molecule has 0 saturated carbocycles. The molecule has 1 unspecified atom stereocenters. The van der Waals surface area contributed by atoms with Crippen molar-refractivity contribution in [3.63, 3.8) is 0 Å². The molecule has 1 aliphatic heterocycles. The van der Waals surface area contributed by atoms with Crippen molar-refractivity contribution >= 4 is 51.3 Å². The first-order valence-corrected chi connectivity index (χ1v) is 15.5. The molecule has 0 aliphatic carbocycles. The van der Waals surface area contributed by atoms with Crippen LogP contribution in [-0.2, 0) is 17.7 Å². The highest BCUT2D eigenvalue weighted by Gasteiger charge is 2.24. The van der Waals surface area contributed by atoms with Crippen molar-refractivity contribution in [3.8, 4) is 22.6 Å². The van der Waals surface area contributed by atoms with Crippen LogP contribution in [0.1, 0.15) is 12.0 Å². The number of benzene rings is 2. The number of aromatic nitrogens is 2. The molecule has 2 aromatic carbocycles. The summed E-state index contributed by atoms with van der Waals surface area (Å²) < 4.78 is 18.3. The van der Waals surface area contributed by atoms with Crippen LogP contribution < -0.4 is 25.7 Å². The number of nitrogens with zero attached hydrogens (tertiary/aromatic N) is 4. The topological polar surface area (TPSA) is 133 Å². The third-order valence-electron chi connectivity index (χ3n) is 7.80. The summed E-state index contributed by atoms with van der Waals surface area (Å²) in [4.78, 5) is 32.4. The molecular formula is C32H36Cl2N6O6. The molecule has 2 N–H and O–H groups in total. The maximum Gasteiger partial charge on any atom is 0.292 e. The standard InChI is InChI=1S/C32H36Cl2N6O6/c1-38(2)9-5-10-39-24-15-28(37-23-7-6-19(13-25(23)40(42)43)12-21-18-35-8-11-46-21)36-17-20(24)14-22(32(39)41)29-30(33)26(44-3)16-27(45-4)31(29)34/h6-7,13-17,21,35H,5,8-12,18H2,1-4H3,(H,36,37). The van der Waals surface area contributed by atoms with Crippen LogP contribution in [0.15, 0.2) is 47.4 Å². The van der Waals surface area contributed by atoms with Gasteiger partial charge in [-0.3, -0.25) is 14.9 Å². The van der Waals surface area contributed by atoms with Crippen LogP contribution in [0.4, 0.5) is 17.2 Å². The second kappa shape index (κ2) is 14.7. The van der Waals surface area contributed by atoms with Gasteiger partial charge in [0, 0.05) is 61.4 Å². The number of nitro groups is 1. The summed E-state index contributed by atoms with van der Waals surface area (Å²) in [5.74, 6) is 0.963. The average Bonchev–Trinajstić information content (AvgIpc) is 3.04. The van der Waals surface area contributed by atoms with Gasteiger partial charge in [0.05, 0.1) is 53.0 Å². The number of ether oxygens (including phenoxy) is 3. The molecule has 12 nitrogen and oxygen atoms in total. The normalized spacial score (nSPS) is 14.9. The number of fused-ring (bicyclic) bond motifs is 1. The number of nitro benzene ring substituents is 1. The van der Waals surface area contributed by atoms with Crippen LogP contribution in [0.5, 0.6) is 11.5 Å². The maximum atomic E-state index is 14.2. The molecule has 46 heavy (non-hydrogen) atoms. The van der Waals surface area contributed by atoms with E-state index in [0.29, 0.717) is 66.3 Å². The van der Waals surface area contributed by atoms with Gasteiger partial charge in [-0.25, -0.2) is 4.98 Å². The molecule has 1 fully saturated rings. The zero-order valence-electron chi connectivity index (χ0n) is 26.1. The van der Waals surface area contributed by atoms with Gasteiger partial charge in [-0.05, 0) is 44.8 Å². The minimum absolute atomic E-state index is 0.0498. The Balaban J connectivity index is 1.57. The summed E-state index contributed by atoms with van der Waals surface area (Å²) in [6, 6.07) is 10.0. The fourth-order valence-electron chi connectivity index (χ4n) is 5.52. The van der Waals surface area contributed by atoms with Crippen molar-refractivity contribution < 1.29 is 19.1 Å². The maximum absolute atomic E-state index is 14.2. The van der Waals surface area contributed by atoms with Gasteiger partial charge in [-0.2, -0.15) is 0 Å². The Morgan fingerprint density at radius 2 is 1.89 bits per heavy atom. The van der Waals surface area contributed by atoms with E-state index in [4.69, 9.17) is 37.4 Å². The Hall–Kier alpha value is -3.94. The summed E-state index contributed by atoms with van der Waals surface area (Å²) in [6.45, 7) is 3.21. The molecule has 0 amide bonds. The largest absolute Gasteiger partial charge is 0.495 e. The van der Waals surface area contributed by atoms with Crippen molar-refractivity contribution in [1.82, 2.24) is 19.8 Å². The molecule has 5 rings (SSSR count). The SMILES string of the molecule is COc1cc(OC)c(Cl)c(-c2cc3cnc(Nc4ccc(CC5CNCCO5)cc4[N+](=O)[O-])cc3n(CCCN(C)C)c2=O)c1Cl. The molecule has 14 heteroatoms. The minimum atomic E-state index is -0.424. The van der Waals surface area contributed by atoms with Crippen LogP contribution in [0.2, 0.25) is 10.0 Å². The number of morpholine rings is 1. The molecule has 1 aliphatic rings. The van der Waals surface area contributed by atoms with Crippen LogP contribution in [0, 0.1) is 10.1 Å². The third kappa shape index (κ3) is 7.21. The Labute approximate surface area is 276 Å². The van der Waals surface area contributed by atoms with Crippen molar-refractivity contribution in [2.75, 3.05) is 59.9 Å². The van der Waals surface area contributed by atoms with E-state index in [1.165, 1.54) is 14.2 Å². The summed E-state index contributed by atoms with van der Waals surface area (Å²) in [5.41, 5.74) is 1.81. The molecule has 4 aromatic rings. The number of methoxy groups -OCH3 is 2. The van der Waals surface area contributed by atoms with E-state index in [1.54, 1.807) is 41.1 Å². The second-order valence-electron chi connectivity index (χ2n) is 11.2. The number of aryl methyl sites for hydroxylation is 1. The first kappa shape index (κ1) is 33.4. The number of pyridine rings is 2. The molecule has 0 spiro atoms. The lowest BCUT2D eigenvalue weighted by Crippen LogP contribution is -2.39. The zero-order chi connectivity index (χ0) is 33.0. The van der Waals surface area contributed by atoms with E-state index >= 15 is 0 Å². The highest BCUT2D eigenvalue weighted by Crippen LogP contribution is 2.45. The van der Waals surface area contributed by atoms with Gasteiger partial charge >= 0.3 is 0 Å². The predicted octanol–water partition coefficient (Wildman–Crippen LogP) is 5.52. The van der Waals surface area contributed by atoms with Crippen molar-refractivity contribution in [1.29, 1.82) is 0 Å². The number of anilines is 2. The quantitative estimate of drug-likeness (QED) is 0.147. The fraction of sp³-hybridized carbons (Fsp3) is 0.375. The number of halogens is 2.